The molecule has 1 atom stereocenters. The maximum Gasteiger partial charge on any atom is 0.0835 e. The largest absolute Gasteiger partial charge is 0.474 e. The fraction of sp³-hybridized carbons (Fsp3) is 0.375. The minimum absolute atomic E-state index is 0.343. The quantitative estimate of drug-likeness (QED) is 0.498. The molecule has 1 heterocycles. The van der Waals surface area contributed by atoms with Crippen molar-refractivity contribution in [3.05, 3.63) is 32.3 Å². The van der Waals surface area contributed by atoms with Crippen LogP contribution in [0.3, 0.4) is 0 Å². The van der Waals surface area contributed by atoms with Crippen molar-refractivity contribution in [1.82, 2.24) is 0 Å². The summed E-state index contributed by atoms with van der Waals surface area (Å²) in [5.41, 5.74) is 0. The molecule has 1 aliphatic heterocycles. The molecule has 0 aromatic heterocycles. The minimum Gasteiger partial charge on any atom is -0.474 e. The number of rotatable bonds is 4. The normalized spacial score (nSPS) is 19.2. The molecule has 63 valence electrons. The highest BCUT2D eigenvalue weighted by Gasteiger charge is 2.20. The molecular weight excluding hydrogens is 144 g/mol. The molecule has 1 saturated heterocycles. The predicted octanol–water partition coefficient (Wildman–Crippen LogP) is 1.60. The summed E-state index contributed by atoms with van der Waals surface area (Å²) < 4.78 is 9.12. The van der Waals surface area contributed by atoms with Crippen molar-refractivity contribution in [3.63, 3.8) is 0 Å². The average molecular weight is 157 g/mol. The molecule has 0 amide bonds. The zero-order valence-corrected chi connectivity index (χ0v) is 6.40. The number of aliphatic hydroxyl groups is 1. The molecule has 0 saturated carbocycles. The Labute approximate surface area is 66.9 Å². The van der Waals surface area contributed by atoms with Gasteiger partial charge in [0.2, 0.25) is 0 Å². The molecule has 0 bridgehead atoms. The first-order valence-corrected chi connectivity index (χ1v) is 3.30. The van der Waals surface area contributed by atoms with Crippen LogP contribution < -0.4 is 0 Å². The Hall–Kier alpha value is -0.800. The van der Waals surface area contributed by atoms with Crippen LogP contribution in [0.5, 0.6) is 0 Å². The topological polar surface area (TPSA) is 42.0 Å². The molecule has 0 aromatic rings. The average Bonchev–Trinajstić information content (AvgIpc) is 2.76. The summed E-state index contributed by atoms with van der Waals surface area (Å²) in [6, 6.07) is 0. The van der Waals surface area contributed by atoms with E-state index in [4.69, 9.17) is 9.84 Å². The molecular formula is C8H13O3. The summed E-state index contributed by atoms with van der Waals surface area (Å²) in [5.74, 6) is 0. The Morgan fingerprint density at radius 3 is 2.18 bits per heavy atom. The molecule has 1 rings (SSSR count). The van der Waals surface area contributed by atoms with Gasteiger partial charge in [-0.3, -0.25) is 0 Å². The lowest BCUT2D eigenvalue weighted by atomic mass is 10.4. The minimum atomic E-state index is 0.343. The van der Waals surface area contributed by atoms with E-state index in [1.54, 1.807) is 0 Å². The molecule has 1 fully saturated rings. The highest BCUT2D eigenvalue weighted by Crippen LogP contribution is 2.12. The van der Waals surface area contributed by atoms with E-state index in [2.05, 4.69) is 17.9 Å². The summed E-state index contributed by atoms with van der Waals surface area (Å²) in [6.07, 6.45) is 3.66. The van der Waals surface area contributed by atoms with Crippen molar-refractivity contribution in [3.8, 4) is 0 Å². The van der Waals surface area contributed by atoms with Crippen molar-refractivity contribution in [1.29, 1.82) is 0 Å². The molecule has 0 aliphatic carbocycles. The zero-order valence-electron chi connectivity index (χ0n) is 6.40. The fourth-order valence-electron chi connectivity index (χ4n) is 0.390. The smallest absolute Gasteiger partial charge is 0.0835 e. The van der Waals surface area contributed by atoms with Gasteiger partial charge in [-0.25, -0.2) is 0 Å². The van der Waals surface area contributed by atoms with Crippen LogP contribution in [0.25, 0.3) is 0 Å². The number of aliphatic hydroxyl groups excluding tert-OH is 1. The van der Waals surface area contributed by atoms with E-state index >= 15 is 0 Å². The third kappa shape index (κ3) is 9.20. The van der Waals surface area contributed by atoms with Gasteiger partial charge in [0.15, 0.2) is 0 Å². The second-order valence-electron chi connectivity index (χ2n) is 1.84. The Bertz CT molecular complexity index is 102. The number of hydrogen-bond donors (Lipinski definition) is 1. The SMILES string of the molecule is C=COC=C.O[CH]CC1CO1. The van der Waals surface area contributed by atoms with Crippen molar-refractivity contribution in [2.24, 2.45) is 0 Å². The first-order chi connectivity index (χ1) is 5.35. The van der Waals surface area contributed by atoms with Crippen molar-refractivity contribution >= 4 is 0 Å². The Balaban J connectivity index is 0.000000187. The first kappa shape index (κ1) is 10.2. The lowest BCUT2D eigenvalue weighted by molar-refractivity contribution is 0.333. The summed E-state index contributed by atoms with van der Waals surface area (Å²) in [7, 11) is 0. The van der Waals surface area contributed by atoms with Gasteiger partial charge in [0.1, 0.15) is 0 Å². The second-order valence-corrected chi connectivity index (χ2v) is 1.84. The lowest BCUT2D eigenvalue weighted by Crippen LogP contribution is -1.82. The predicted molar refractivity (Wildman–Crippen MR) is 42.1 cm³/mol. The Kier molecular flexibility index (Phi) is 6.78. The Morgan fingerprint density at radius 1 is 1.55 bits per heavy atom. The van der Waals surface area contributed by atoms with E-state index in [1.807, 2.05) is 0 Å². The third-order valence-electron chi connectivity index (χ3n) is 0.963. The molecule has 1 unspecified atom stereocenters. The van der Waals surface area contributed by atoms with Gasteiger partial charge < -0.3 is 14.6 Å². The molecule has 3 heteroatoms. The van der Waals surface area contributed by atoms with Gasteiger partial charge in [-0.05, 0) is 0 Å². The molecule has 1 aliphatic rings. The van der Waals surface area contributed by atoms with E-state index < -0.39 is 0 Å². The van der Waals surface area contributed by atoms with Gasteiger partial charge >= 0.3 is 0 Å². The highest BCUT2D eigenvalue weighted by atomic mass is 16.6. The van der Waals surface area contributed by atoms with Crippen LogP contribution in [0.15, 0.2) is 25.7 Å². The van der Waals surface area contributed by atoms with E-state index in [-0.39, 0.29) is 0 Å². The van der Waals surface area contributed by atoms with E-state index in [9.17, 15) is 0 Å². The molecule has 3 nitrogen and oxygen atoms in total. The van der Waals surface area contributed by atoms with Gasteiger partial charge in [-0.2, -0.15) is 0 Å². The maximum atomic E-state index is 8.07. The van der Waals surface area contributed by atoms with Crippen LogP contribution in [-0.4, -0.2) is 17.8 Å². The van der Waals surface area contributed by atoms with Crippen molar-refractivity contribution < 1.29 is 14.6 Å². The van der Waals surface area contributed by atoms with Crippen LogP contribution in [0, 0.1) is 6.61 Å². The van der Waals surface area contributed by atoms with Crippen LogP contribution in [0.1, 0.15) is 6.42 Å². The molecule has 1 N–H and O–H groups in total. The zero-order chi connectivity index (χ0) is 8.53. The Morgan fingerprint density at radius 2 is 2.09 bits per heavy atom. The monoisotopic (exact) mass is 157 g/mol. The fourth-order valence-corrected chi connectivity index (χ4v) is 0.390. The molecule has 11 heavy (non-hydrogen) atoms. The van der Waals surface area contributed by atoms with Gasteiger partial charge in [-0.15, -0.1) is 0 Å². The van der Waals surface area contributed by atoms with E-state index in [1.165, 1.54) is 12.5 Å². The van der Waals surface area contributed by atoms with Gasteiger partial charge in [-0.1, -0.05) is 13.2 Å². The summed E-state index contributed by atoms with van der Waals surface area (Å²) in [5, 5.41) is 8.07. The van der Waals surface area contributed by atoms with Crippen LogP contribution >= 0.6 is 0 Å². The number of ether oxygens (including phenoxy) is 2. The lowest BCUT2D eigenvalue weighted by Gasteiger charge is -1.78. The summed E-state index contributed by atoms with van der Waals surface area (Å²) in [6.45, 7) is 8.48. The summed E-state index contributed by atoms with van der Waals surface area (Å²) in [4.78, 5) is 0. The van der Waals surface area contributed by atoms with Crippen molar-refractivity contribution in [2.45, 2.75) is 12.5 Å². The van der Waals surface area contributed by atoms with Crippen LogP contribution in [0.4, 0.5) is 0 Å². The van der Waals surface area contributed by atoms with Gasteiger partial charge in [0.25, 0.3) is 0 Å². The van der Waals surface area contributed by atoms with Gasteiger partial charge in [0, 0.05) is 6.42 Å². The highest BCUT2D eigenvalue weighted by molar-refractivity contribution is 4.71. The first-order valence-electron chi connectivity index (χ1n) is 3.30. The van der Waals surface area contributed by atoms with Crippen LogP contribution in [-0.2, 0) is 9.47 Å². The van der Waals surface area contributed by atoms with Crippen LogP contribution in [0.2, 0.25) is 0 Å². The van der Waals surface area contributed by atoms with Crippen molar-refractivity contribution in [2.75, 3.05) is 6.61 Å². The maximum absolute atomic E-state index is 8.07. The summed E-state index contributed by atoms with van der Waals surface area (Å²) >= 11 is 0. The third-order valence-corrected chi connectivity index (χ3v) is 0.963. The second kappa shape index (κ2) is 7.31. The van der Waals surface area contributed by atoms with E-state index in [0.717, 1.165) is 13.2 Å². The van der Waals surface area contributed by atoms with E-state index in [0.29, 0.717) is 12.5 Å². The molecule has 0 aromatic carbocycles. The number of hydrogen-bond acceptors (Lipinski definition) is 3. The molecule has 0 spiro atoms. The standard InChI is InChI=1S/C4H7O2.C4H6O/c5-2-1-4-3-6-4;1-3-5-4-2/h2,4-5H,1,3H2;3-4H,1-2H2. The molecule has 1 radical (unpaired) electrons. The number of epoxide rings is 1. The van der Waals surface area contributed by atoms with Gasteiger partial charge in [0.05, 0.1) is 31.8 Å².